The molecular formula is C13H21FN2O2S. The fourth-order valence-corrected chi connectivity index (χ4v) is 3.27. The number of hydrogen-bond acceptors (Lipinski definition) is 3. The highest BCUT2D eigenvalue weighted by atomic mass is 32.2. The number of sulfonamides is 1. The van der Waals surface area contributed by atoms with Crippen LogP contribution in [0, 0.1) is 18.7 Å². The van der Waals surface area contributed by atoms with E-state index in [9.17, 15) is 12.8 Å². The van der Waals surface area contributed by atoms with E-state index in [1.165, 1.54) is 13.0 Å². The minimum atomic E-state index is -3.90. The van der Waals surface area contributed by atoms with Gasteiger partial charge in [-0.1, -0.05) is 20.3 Å². The summed E-state index contributed by atoms with van der Waals surface area (Å²) >= 11 is 0. The van der Waals surface area contributed by atoms with E-state index in [1.807, 2.05) is 13.8 Å². The Morgan fingerprint density at radius 3 is 2.47 bits per heavy atom. The number of anilines is 1. The van der Waals surface area contributed by atoms with Crippen molar-refractivity contribution in [2.45, 2.75) is 45.1 Å². The van der Waals surface area contributed by atoms with Crippen LogP contribution in [0.3, 0.4) is 0 Å². The van der Waals surface area contributed by atoms with Gasteiger partial charge in [0.1, 0.15) is 10.7 Å². The van der Waals surface area contributed by atoms with Crippen LogP contribution in [0.4, 0.5) is 10.1 Å². The molecule has 0 aliphatic rings. The zero-order chi connectivity index (χ0) is 14.8. The van der Waals surface area contributed by atoms with E-state index >= 15 is 0 Å². The first-order valence-corrected chi connectivity index (χ1v) is 7.75. The van der Waals surface area contributed by atoms with Gasteiger partial charge in [0, 0.05) is 11.7 Å². The molecule has 0 fully saturated rings. The van der Waals surface area contributed by atoms with Gasteiger partial charge in [-0.2, -0.15) is 0 Å². The topological polar surface area (TPSA) is 72.2 Å². The molecule has 0 bridgehead atoms. The van der Waals surface area contributed by atoms with Crippen LogP contribution in [-0.4, -0.2) is 14.5 Å². The van der Waals surface area contributed by atoms with Crippen LogP contribution in [0.15, 0.2) is 17.0 Å². The van der Waals surface area contributed by atoms with Crippen LogP contribution < -0.4 is 10.5 Å². The van der Waals surface area contributed by atoms with Crippen molar-refractivity contribution in [2.24, 2.45) is 5.92 Å². The Morgan fingerprint density at radius 2 is 1.95 bits per heavy atom. The summed E-state index contributed by atoms with van der Waals surface area (Å²) in [7, 11) is -3.90. The second-order valence-electron chi connectivity index (χ2n) is 4.95. The minimum Gasteiger partial charge on any atom is -0.399 e. The first kappa shape index (κ1) is 15.9. The van der Waals surface area contributed by atoms with Crippen molar-refractivity contribution in [1.82, 2.24) is 4.72 Å². The third-order valence-electron chi connectivity index (χ3n) is 3.37. The van der Waals surface area contributed by atoms with Gasteiger partial charge in [-0.05, 0) is 37.5 Å². The van der Waals surface area contributed by atoms with E-state index in [1.54, 1.807) is 6.92 Å². The van der Waals surface area contributed by atoms with Crippen molar-refractivity contribution in [3.8, 4) is 0 Å². The molecule has 0 aliphatic heterocycles. The fraction of sp³-hybridized carbons (Fsp3) is 0.538. The number of hydrogen-bond donors (Lipinski definition) is 2. The lowest BCUT2D eigenvalue weighted by Crippen LogP contribution is -2.37. The van der Waals surface area contributed by atoms with Crippen LogP contribution >= 0.6 is 0 Å². The van der Waals surface area contributed by atoms with Gasteiger partial charge in [0.2, 0.25) is 10.0 Å². The Bertz CT molecular complexity index is 558. The highest BCUT2D eigenvalue weighted by Gasteiger charge is 2.24. The summed E-state index contributed by atoms with van der Waals surface area (Å²) in [5.74, 6) is -0.585. The Morgan fingerprint density at radius 1 is 1.37 bits per heavy atom. The monoisotopic (exact) mass is 288 g/mol. The summed E-state index contributed by atoms with van der Waals surface area (Å²) < 4.78 is 40.8. The molecule has 0 radical (unpaired) electrons. The first-order chi connectivity index (χ1) is 8.69. The predicted octanol–water partition coefficient (Wildman–Crippen LogP) is 2.43. The van der Waals surface area contributed by atoms with E-state index in [-0.39, 0.29) is 28.1 Å². The minimum absolute atomic E-state index is 0.167. The number of nitrogen functional groups attached to an aromatic ring is 1. The van der Waals surface area contributed by atoms with Crippen molar-refractivity contribution in [3.63, 3.8) is 0 Å². The molecule has 6 heteroatoms. The summed E-state index contributed by atoms with van der Waals surface area (Å²) in [5, 5.41) is 0. The van der Waals surface area contributed by atoms with Crippen molar-refractivity contribution < 1.29 is 12.8 Å². The van der Waals surface area contributed by atoms with Crippen LogP contribution in [0.5, 0.6) is 0 Å². The predicted molar refractivity (Wildman–Crippen MR) is 74.8 cm³/mol. The maximum Gasteiger partial charge on any atom is 0.243 e. The van der Waals surface area contributed by atoms with Gasteiger partial charge in [-0.25, -0.2) is 17.5 Å². The average molecular weight is 288 g/mol. The maximum absolute atomic E-state index is 13.9. The molecule has 0 amide bonds. The van der Waals surface area contributed by atoms with E-state index in [2.05, 4.69) is 4.72 Å². The Balaban J connectivity index is 3.14. The van der Waals surface area contributed by atoms with Gasteiger partial charge < -0.3 is 5.73 Å². The summed E-state index contributed by atoms with van der Waals surface area (Å²) in [4.78, 5) is -0.389. The molecule has 0 aliphatic carbocycles. The zero-order valence-electron chi connectivity index (χ0n) is 11.7. The van der Waals surface area contributed by atoms with Crippen molar-refractivity contribution in [2.75, 3.05) is 5.73 Å². The molecule has 108 valence electrons. The molecule has 0 heterocycles. The van der Waals surface area contributed by atoms with E-state index in [4.69, 9.17) is 5.73 Å². The Labute approximate surface area is 114 Å². The molecule has 2 unspecified atom stereocenters. The Hall–Kier alpha value is -1.14. The summed E-state index contributed by atoms with van der Waals surface area (Å²) in [6.45, 7) is 7.17. The molecule has 19 heavy (non-hydrogen) atoms. The second kappa shape index (κ2) is 5.88. The lowest BCUT2D eigenvalue weighted by molar-refractivity contribution is 0.432. The third kappa shape index (κ3) is 3.67. The van der Waals surface area contributed by atoms with E-state index in [0.717, 1.165) is 12.5 Å². The molecule has 0 saturated carbocycles. The van der Waals surface area contributed by atoms with Gasteiger partial charge in [0.15, 0.2) is 0 Å². The smallest absolute Gasteiger partial charge is 0.243 e. The van der Waals surface area contributed by atoms with Gasteiger partial charge in [0.05, 0.1) is 0 Å². The molecule has 1 rings (SSSR count). The van der Waals surface area contributed by atoms with Crippen LogP contribution in [-0.2, 0) is 10.0 Å². The fourth-order valence-electron chi connectivity index (χ4n) is 1.74. The average Bonchev–Trinajstić information content (AvgIpc) is 2.31. The van der Waals surface area contributed by atoms with Gasteiger partial charge in [-0.15, -0.1) is 0 Å². The number of nitrogens with one attached hydrogen (secondary N) is 1. The highest BCUT2D eigenvalue weighted by Crippen LogP contribution is 2.22. The number of benzene rings is 1. The molecule has 1 aromatic rings. The lowest BCUT2D eigenvalue weighted by Gasteiger charge is -2.20. The quantitative estimate of drug-likeness (QED) is 0.817. The lowest BCUT2D eigenvalue weighted by atomic mass is 10.0. The molecular weight excluding hydrogens is 267 g/mol. The van der Waals surface area contributed by atoms with E-state index < -0.39 is 15.8 Å². The van der Waals surface area contributed by atoms with Crippen LogP contribution in [0.1, 0.15) is 32.8 Å². The first-order valence-electron chi connectivity index (χ1n) is 6.27. The molecule has 3 N–H and O–H groups in total. The molecule has 4 nitrogen and oxygen atoms in total. The molecule has 1 aromatic carbocycles. The molecule has 0 spiro atoms. The van der Waals surface area contributed by atoms with Gasteiger partial charge in [-0.3, -0.25) is 0 Å². The molecule has 0 saturated heterocycles. The number of aryl methyl sites for hydroxylation is 1. The number of rotatable bonds is 5. The van der Waals surface area contributed by atoms with Crippen molar-refractivity contribution >= 4 is 15.7 Å². The van der Waals surface area contributed by atoms with Crippen molar-refractivity contribution in [3.05, 3.63) is 23.5 Å². The highest BCUT2D eigenvalue weighted by molar-refractivity contribution is 7.89. The van der Waals surface area contributed by atoms with Crippen molar-refractivity contribution in [1.29, 1.82) is 0 Å². The molecule has 0 aromatic heterocycles. The summed E-state index contributed by atoms with van der Waals surface area (Å²) in [6, 6.07) is 2.29. The van der Waals surface area contributed by atoms with Crippen LogP contribution in [0.25, 0.3) is 0 Å². The largest absolute Gasteiger partial charge is 0.399 e. The normalized spacial score (nSPS) is 15.2. The summed E-state index contributed by atoms with van der Waals surface area (Å²) in [5.41, 5.74) is 6.03. The van der Waals surface area contributed by atoms with E-state index in [0.29, 0.717) is 0 Å². The Kier molecular flexibility index (Phi) is 4.92. The standard InChI is InChI=1S/C13H21FN2O2S/c1-5-8(2)10(4)16-19(17,18)12-7-11(15)6-9(3)13(12)14/h6-8,10,16H,5,15H2,1-4H3. The number of nitrogens with two attached hydrogens (primary N) is 1. The van der Waals surface area contributed by atoms with Crippen LogP contribution in [0.2, 0.25) is 0 Å². The van der Waals surface area contributed by atoms with Gasteiger partial charge >= 0.3 is 0 Å². The number of halogens is 1. The van der Waals surface area contributed by atoms with Gasteiger partial charge in [0.25, 0.3) is 0 Å². The SMILES string of the molecule is CCC(C)C(C)NS(=O)(=O)c1cc(N)cc(C)c1F. The second-order valence-corrected chi connectivity index (χ2v) is 6.63. The summed E-state index contributed by atoms with van der Waals surface area (Å²) in [6.07, 6.45) is 0.835. The molecule has 2 atom stereocenters. The zero-order valence-corrected chi connectivity index (χ0v) is 12.5. The maximum atomic E-state index is 13.9. The third-order valence-corrected chi connectivity index (χ3v) is 4.93.